The largest absolute Gasteiger partial charge is 0.497 e. The topological polar surface area (TPSA) is 32.8 Å². The summed E-state index contributed by atoms with van der Waals surface area (Å²) in [5, 5.41) is 0.0823. The Bertz CT molecular complexity index is 761. The van der Waals surface area contributed by atoms with Crippen molar-refractivity contribution >= 4 is 23.4 Å². The molecule has 0 fully saturated rings. The Labute approximate surface area is 160 Å². The fourth-order valence-corrected chi connectivity index (χ4v) is 4.54. The molecule has 2 atom stereocenters. The zero-order valence-electron chi connectivity index (χ0n) is 15.8. The molecule has 0 aromatic heterocycles. The number of ether oxygens (including phenoxy) is 1. The Morgan fingerprint density at radius 1 is 1.12 bits per heavy atom. The zero-order valence-corrected chi connectivity index (χ0v) is 16.6. The van der Waals surface area contributed by atoms with Crippen molar-refractivity contribution < 1.29 is 9.53 Å². The van der Waals surface area contributed by atoms with Crippen LogP contribution in [0, 0.1) is 5.92 Å². The molecule has 5 heteroatoms. The maximum absolute atomic E-state index is 13.3. The van der Waals surface area contributed by atoms with Crippen LogP contribution in [0.25, 0.3) is 0 Å². The number of carbonyl (C=O) groups excluding carboxylic acids is 1. The van der Waals surface area contributed by atoms with E-state index in [0.717, 1.165) is 28.4 Å². The lowest BCUT2D eigenvalue weighted by atomic mass is 9.98. The molecular weight excluding hydrogens is 344 g/mol. The highest BCUT2D eigenvalue weighted by Crippen LogP contribution is 2.48. The lowest BCUT2D eigenvalue weighted by molar-refractivity contribution is -0.121. The van der Waals surface area contributed by atoms with Gasteiger partial charge >= 0.3 is 0 Å². The van der Waals surface area contributed by atoms with Crippen molar-refractivity contribution in [3.63, 3.8) is 0 Å². The Morgan fingerprint density at radius 3 is 2.46 bits per heavy atom. The average Bonchev–Trinajstić information content (AvgIpc) is 2.76. The lowest BCUT2D eigenvalue weighted by Gasteiger charge is -2.27. The van der Waals surface area contributed by atoms with E-state index >= 15 is 0 Å². The highest BCUT2D eigenvalue weighted by Gasteiger charge is 2.35. The van der Waals surface area contributed by atoms with Crippen LogP contribution in [0.2, 0.25) is 0 Å². The van der Waals surface area contributed by atoms with Crippen molar-refractivity contribution in [2.75, 3.05) is 39.2 Å². The number of para-hydroxylation sites is 1. The number of thioether (sulfide) groups is 1. The summed E-state index contributed by atoms with van der Waals surface area (Å²) in [6, 6.07) is 16.3. The zero-order chi connectivity index (χ0) is 18.7. The molecule has 0 saturated carbocycles. The van der Waals surface area contributed by atoms with E-state index in [1.54, 1.807) is 18.9 Å². The molecule has 0 unspecified atom stereocenters. The summed E-state index contributed by atoms with van der Waals surface area (Å²) in [5.74, 6) is 0.910. The van der Waals surface area contributed by atoms with E-state index in [1.807, 2.05) is 50.2 Å². The SMILES string of the molecule is COc1ccc([C@H]2Sc3ccccc3N(CCN(C)C)C(=O)[C@H]2C)cc1. The van der Waals surface area contributed by atoms with Gasteiger partial charge in [-0.2, -0.15) is 0 Å². The number of benzene rings is 2. The maximum atomic E-state index is 13.3. The number of anilines is 1. The first kappa shape index (κ1) is 18.8. The van der Waals surface area contributed by atoms with Crippen molar-refractivity contribution in [2.45, 2.75) is 17.1 Å². The van der Waals surface area contributed by atoms with Gasteiger partial charge in [0.2, 0.25) is 5.91 Å². The van der Waals surface area contributed by atoms with Crippen LogP contribution in [0.15, 0.2) is 53.4 Å². The first-order valence-corrected chi connectivity index (χ1v) is 9.75. The van der Waals surface area contributed by atoms with Crippen LogP contribution in [-0.4, -0.2) is 45.1 Å². The fourth-order valence-electron chi connectivity index (χ4n) is 3.19. The van der Waals surface area contributed by atoms with Crippen molar-refractivity contribution in [2.24, 2.45) is 5.92 Å². The average molecular weight is 371 g/mol. The maximum Gasteiger partial charge on any atom is 0.231 e. The van der Waals surface area contributed by atoms with E-state index < -0.39 is 0 Å². The number of nitrogens with zero attached hydrogens (tertiary/aromatic N) is 2. The first-order chi connectivity index (χ1) is 12.5. The molecule has 3 rings (SSSR count). The minimum atomic E-state index is -0.108. The van der Waals surface area contributed by atoms with Gasteiger partial charge < -0.3 is 14.5 Å². The summed E-state index contributed by atoms with van der Waals surface area (Å²) in [5.41, 5.74) is 2.17. The molecule has 138 valence electrons. The standard InChI is InChI=1S/C21H26N2O2S/c1-15-20(16-9-11-17(25-4)12-10-16)26-19-8-6-5-7-18(19)23(21(15)24)14-13-22(2)3/h5-12,15,20H,13-14H2,1-4H3/t15-,20-/m0/s1. The summed E-state index contributed by atoms with van der Waals surface area (Å²) in [7, 11) is 5.74. The van der Waals surface area contributed by atoms with Crippen LogP contribution in [0.4, 0.5) is 5.69 Å². The Morgan fingerprint density at radius 2 is 1.81 bits per heavy atom. The Kier molecular flexibility index (Phi) is 5.89. The molecule has 0 saturated heterocycles. The molecular formula is C21H26N2O2S. The van der Waals surface area contributed by atoms with Gasteiger partial charge in [0.05, 0.1) is 18.7 Å². The van der Waals surface area contributed by atoms with Crippen molar-refractivity contribution in [1.82, 2.24) is 4.90 Å². The Balaban J connectivity index is 1.97. The van der Waals surface area contributed by atoms with Gasteiger partial charge in [-0.05, 0) is 43.9 Å². The number of hydrogen-bond donors (Lipinski definition) is 0. The molecule has 2 aromatic rings. The van der Waals surface area contributed by atoms with Gasteiger partial charge in [0.15, 0.2) is 0 Å². The smallest absolute Gasteiger partial charge is 0.231 e. The molecule has 1 heterocycles. The minimum absolute atomic E-state index is 0.0823. The van der Waals surface area contributed by atoms with Crippen LogP contribution < -0.4 is 9.64 Å². The molecule has 0 N–H and O–H groups in total. The van der Waals surface area contributed by atoms with Gasteiger partial charge in [0, 0.05) is 23.2 Å². The predicted octanol–water partition coefficient (Wildman–Crippen LogP) is 4.07. The summed E-state index contributed by atoms with van der Waals surface area (Å²) < 4.78 is 5.27. The van der Waals surface area contributed by atoms with E-state index in [1.165, 1.54) is 0 Å². The molecule has 2 aromatic carbocycles. The summed E-state index contributed by atoms with van der Waals surface area (Å²) in [6.45, 7) is 3.58. The first-order valence-electron chi connectivity index (χ1n) is 8.87. The third-order valence-corrected chi connectivity index (χ3v) is 6.27. The molecule has 1 aliphatic rings. The summed E-state index contributed by atoms with van der Waals surface area (Å²) in [6.07, 6.45) is 0. The van der Waals surface area contributed by atoms with E-state index in [0.29, 0.717) is 6.54 Å². The highest BCUT2D eigenvalue weighted by molar-refractivity contribution is 7.99. The van der Waals surface area contributed by atoms with Crippen LogP contribution >= 0.6 is 11.8 Å². The van der Waals surface area contributed by atoms with Gasteiger partial charge in [-0.15, -0.1) is 11.8 Å². The second-order valence-corrected chi connectivity index (χ2v) is 8.04. The third kappa shape index (κ3) is 3.89. The third-order valence-electron chi connectivity index (χ3n) is 4.73. The Hall–Kier alpha value is -1.98. The number of methoxy groups -OCH3 is 1. The van der Waals surface area contributed by atoms with Gasteiger partial charge in [0.25, 0.3) is 0 Å². The van der Waals surface area contributed by atoms with E-state index in [4.69, 9.17) is 4.74 Å². The van der Waals surface area contributed by atoms with Crippen LogP contribution in [0.5, 0.6) is 5.75 Å². The van der Waals surface area contributed by atoms with E-state index in [-0.39, 0.29) is 17.1 Å². The highest BCUT2D eigenvalue weighted by atomic mass is 32.2. The van der Waals surface area contributed by atoms with E-state index in [2.05, 4.69) is 29.2 Å². The molecule has 26 heavy (non-hydrogen) atoms. The second kappa shape index (κ2) is 8.14. The number of likely N-dealkylation sites (N-methyl/N-ethyl adjacent to an activating group) is 1. The van der Waals surface area contributed by atoms with Gasteiger partial charge in [0.1, 0.15) is 5.75 Å². The number of rotatable bonds is 5. The van der Waals surface area contributed by atoms with Gasteiger partial charge in [-0.25, -0.2) is 0 Å². The van der Waals surface area contributed by atoms with Crippen molar-refractivity contribution in [3.05, 3.63) is 54.1 Å². The fraction of sp³-hybridized carbons (Fsp3) is 0.381. The number of hydrogen-bond acceptors (Lipinski definition) is 4. The minimum Gasteiger partial charge on any atom is -0.497 e. The molecule has 1 amide bonds. The normalized spacial score (nSPS) is 20.0. The predicted molar refractivity (Wildman–Crippen MR) is 108 cm³/mol. The van der Waals surface area contributed by atoms with Crippen molar-refractivity contribution in [3.8, 4) is 5.75 Å². The van der Waals surface area contributed by atoms with Crippen LogP contribution in [0.3, 0.4) is 0 Å². The number of carbonyl (C=O) groups is 1. The summed E-state index contributed by atoms with van der Waals surface area (Å²) in [4.78, 5) is 18.5. The van der Waals surface area contributed by atoms with Gasteiger partial charge in [-0.1, -0.05) is 31.2 Å². The van der Waals surface area contributed by atoms with Crippen LogP contribution in [-0.2, 0) is 4.79 Å². The molecule has 0 aliphatic carbocycles. The molecule has 0 bridgehead atoms. The quantitative estimate of drug-likeness (QED) is 0.794. The second-order valence-electron chi connectivity index (χ2n) is 6.86. The monoisotopic (exact) mass is 370 g/mol. The molecule has 4 nitrogen and oxygen atoms in total. The molecule has 0 spiro atoms. The number of amides is 1. The van der Waals surface area contributed by atoms with Gasteiger partial charge in [-0.3, -0.25) is 4.79 Å². The lowest BCUT2D eigenvalue weighted by Crippen LogP contribution is -2.40. The number of fused-ring (bicyclic) bond motifs is 1. The van der Waals surface area contributed by atoms with Crippen LogP contribution in [0.1, 0.15) is 17.7 Å². The molecule has 0 radical (unpaired) electrons. The molecule has 1 aliphatic heterocycles. The van der Waals surface area contributed by atoms with Crippen molar-refractivity contribution in [1.29, 1.82) is 0 Å². The summed E-state index contributed by atoms with van der Waals surface area (Å²) >= 11 is 1.78. The van der Waals surface area contributed by atoms with E-state index in [9.17, 15) is 4.79 Å².